The standard InChI is InChI=1S/C17H15BrN4O2/c1-10(13-9-11(18)7-8-15(13)23)20-21-17-19-14-6-4-3-5-12(14)16(24)22(17)2/h3-9,23H,1-2H3,(H,19,21)/b20-10+. The molecule has 7 heteroatoms. The molecule has 0 aliphatic rings. The fourth-order valence-corrected chi connectivity index (χ4v) is 2.67. The van der Waals surface area contributed by atoms with Gasteiger partial charge in [0, 0.05) is 17.1 Å². The monoisotopic (exact) mass is 386 g/mol. The molecule has 1 heterocycles. The van der Waals surface area contributed by atoms with Crippen molar-refractivity contribution >= 4 is 38.5 Å². The van der Waals surface area contributed by atoms with E-state index in [0.29, 0.717) is 28.1 Å². The van der Waals surface area contributed by atoms with Gasteiger partial charge in [-0.2, -0.15) is 5.10 Å². The number of benzene rings is 2. The number of anilines is 1. The highest BCUT2D eigenvalue weighted by atomic mass is 79.9. The SMILES string of the molecule is C/C(=N\Nc1nc2ccccc2c(=O)n1C)c1cc(Br)ccc1O. The van der Waals surface area contributed by atoms with Crippen LogP contribution in [-0.4, -0.2) is 20.4 Å². The number of fused-ring (bicyclic) bond motifs is 1. The molecule has 122 valence electrons. The van der Waals surface area contributed by atoms with Crippen molar-refractivity contribution in [3.8, 4) is 5.75 Å². The maximum absolute atomic E-state index is 12.4. The lowest BCUT2D eigenvalue weighted by Crippen LogP contribution is -2.21. The van der Waals surface area contributed by atoms with Crippen LogP contribution in [0.3, 0.4) is 0 Å². The van der Waals surface area contributed by atoms with Gasteiger partial charge >= 0.3 is 0 Å². The lowest BCUT2D eigenvalue weighted by molar-refractivity contribution is 0.474. The highest BCUT2D eigenvalue weighted by Gasteiger charge is 2.09. The van der Waals surface area contributed by atoms with Crippen molar-refractivity contribution < 1.29 is 5.11 Å². The molecular formula is C17H15BrN4O2. The minimum atomic E-state index is -0.152. The van der Waals surface area contributed by atoms with Crippen LogP contribution in [0.1, 0.15) is 12.5 Å². The van der Waals surface area contributed by atoms with Gasteiger partial charge in [-0.15, -0.1) is 0 Å². The summed E-state index contributed by atoms with van der Waals surface area (Å²) in [6.07, 6.45) is 0. The highest BCUT2D eigenvalue weighted by Crippen LogP contribution is 2.22. The lowest BCUT2D eigenvalue weighted by atomic mass is 10.1. The Labute approximate surface area is 146 Å². The third kappa shape index (κ3) is 3.03. The maximum Gasteiger partial charge on any atom is 0.262 e. The quantitative estimate of drug-likeness (QED) is 0.534. The smallest absolute Gasteiger partial charge is 0.262 e. The molecule has 0 radical (unpaired) electrons. The molecule has 0 saturated carbocycles. The predicted octanol–water partition coefficient (Wildman–Crippen LogP) is 3.24. The Morgan fingerprint density at radius 1 is 1.29 bits per heavy atom. The van der Waals surface area contributed by atoms with Gasteiger partial charge in [-0.25, -0.2) is 10.4 Å². The average molecular weight is 387 g/mol. The first-order chi connectivity index (χ1) is 11.5. The first kappa shape index (κ1) is 16.2. The van der Waals surface area contributed by atoms with Crippen LogP contribution in [0.4, 0.5) is 5.95 Å². The van der Waals surface area contributed by atoms with E-state index < -0.39 is 0 Å². The van der Waals surface area contributed by atoms with Crippen LogP contribution < -0.4 is 11.0 Å². The van der Waals surface area contributed by atoms with Crippen molar-refractivity contribution in [1.82, 2.24) is 9.55 Å². The second-order valence-electron chi connectivity index (χ2n) is 5.29. The Bertz CT molecular complexity index is 1010. The number of para-hydroxylation sites is 1. The number of hydrogen-bond donors (Lipinski definition) is 2. The van der Waals surface area contributed by atoms with Crippen LogP contribution in [0.2, 0.25) is 0 Å². The number of phenols is 1. The molecule has 0 fully saturated rings. The van der Waals surface area contributed by atoms with E-state index in [1.54, 1.807) is 50.4 Å². The topological polar surface area (TPSA) is 79.5 Å². The minimum Gasteiger partial charge on any atom is -0.507 e. The van der Waals surface area contributed by atoms with E-state index in [1.165, 1.54) is 4.57 Å². The first-order valence-corrected chi connectivity index (χ1v) is 8.01. The molecule has 0 aliphatic carbocycles. The van der Waals surface area contributed by atoms with E-state index >= 15 is 0 Å². The summed E-state index contributed by atoms with van der Waals surface area (Å²) in [6.45, 7) is 1.76. The number of phenolic OH excluding ortho intramolecular Hbond substituents is 1. The van der Waals surface area contributed by atoms with E-state index in [-0.39, 0.29) is 11.3 Å². The summed E-state index contributed by atoms with van der Waals surface area (Å²) in [4.78, 5) is 16.8. The van der Waals surface area contributed by atoms with Crippen LogP contribution in [0.15, 0.2) is 56.8 Å². The molecule has 0 bridgehead atoms. The first-order valence-electron chi connectivity index (χ1n) is 7.22. The molecule has 0 saturated heterocycles. The molecular weight excluding hydrogens is 372 g/mol. The summed E-state index contributed by atoms with van der Waals surface area (Å²) in [5.74, 6) is 0.453. The van der Waals surface area contributed by atoms with Gasteiger partial charge in [0.05, 0.1) is 16.6 Å². The van der Waals surface area contributed by atoms with E-state index in [4.69, 9.17) is 0 Å². The maximum atomic E-state index is 12.4. The molecule has 1 aromatic heterocycles. The zero-order valence-electron chi connectivity index (χ0n) is 13.1. The number of hydrazone groups is 1. The van der Waals surface area contributed by atoms with Gasteiger partial charge in [0.2, 0.25) is 5.95 Å². The largest absolute Gasteiger partial charge is 0.507 e. The van der Waals surface area contributed by atoms with E-state index in [1.807, 2.05) is 6.07 Å². The normalized spacial score (nSPS) is 11.7. The van der Waals surface area contributed by atoms with Crippen molar-refractivity contribution in [1.29, 1.82) is 0 Å². The van der Waals surface area contributed by atoms with E-state index in [0.717, 1.165) is 4.47 Å². The third-order valence-electron chi connectivity index (χ3n) is 3.66. The molecule has 0 aliphatic heterocycles. The minimum absolute atomic E-state index is 0.126. The van der Waals surface area contributed by atoms with Gasteiger partial charge in [0.1, 0.15) is 5.75 Å². The number of rotatable bonds is 3. The fourth-order valence-electron chi connectivity index (χ4n) is 2.31. The van der Waals surface area contributed by atoms with Gasteiger partial charge < -0.3 is 5.11 Å². The van der Waals surface area contributed by atoms with E-state index in [2.05, 4.69) is 31.4 Å². The third-order valence-corrected chi connectivity index (χ3v) is 4.15. The zero-order chi connectivity index (χ0) is 17.3. The molecule has 3 rings (SSSR count). The predicted molar refractivity (Wildman–Crippen MR) is 98.6 cm³/mol. The Balaban J connectivity index is 1.99. The summed E-state index contributed by atoms with van der Waals surface area (Å²) in [5, 5.41) is 14.7. The average Bonchev–Trinajstić information content (AvgIpc) is 2.58. The Hall–Kier alpha value is -2.67. The van der Waals surface area contributed by atoms with Gasteiger partial charge in [-0.1, -0.05) is 28.1 Å². The van der Waals surface area contributed by atoms with Crippen LogP contribution in [0, 0.1) is 0 Å². The molecule has 0 amide bonds. The van der Waals surface area contributed by atoms with Crippen molar-refractivity contribution in [2.45, 2.75) is 6.92 Å². The molecule has 0 atom stereocenters. The number of aromatic nitrogens is 2. The summed E-state index contributed by atoms with van der Waals surface area (Å²) in [6, 6.07) is 12.2. The molecule has 3 aromatic rings. The van der Waals surface area contributed by atoms with Crippen LogP contribution >= 0.6 is 15.9 Å². The molecule has 2 aromatic carbocycles. The molecule has 0 unspecified atom stereocenters. The Morgan fingerprint density at radius 2 is 2.04 bits per heavy atom. The van der Waals surface area contributed by atoms with Gasteiger partial charge in [0.25, 0.3) is 5.56 Å². The summed E-state index contributed by atoms with van der Waals surface area (Å²) in [5.41, 5.74) is 4.40. The number of nitrogens with zero attached hydrogens (tertiary/aromatic N) is 3. The van der Waals surface area contributed by atoms with Crippen LogP contribution in [-0.2, 0) is 7.05 Å². The summed E-state index contributed by atoms with van der Waals surface area (Å²) < 4.78 is 2.24. The molecule has 24 heavy (non-hydrogen) atoms. The van der Waals surface area contributed by atoms with Crippen molar-refractivity contribution in [2.24, 2.45) is 12.1 Å². The lowest BCUT2D eigenvalue weighted by Gasteiger charge is -2.09. The van der Waals surface area contributed by atoms with Crippen molar-refractivity contribution in [3.05, 3.63) is 62.9 Å². The fraction of sp³-hybridized carbons (Fsp3) is 0.118. The van der Waals surface area contributed by atoms with E-state index in [9.17, 15) is 9.90 Å². The Morgan fingerprint density at radius 3 is 2.83 bits per heavy atom. The zero-order valence-corrected chi connectivity index (χ0v) is 14.7. The summed E-state index contributed by atoms with van der Waals surface area (Å²) >= 11 is 3.36. The van der Waals surface area contributed by atoms with Crippen LogP contribution in [0.5, 0.6) is 5.75 Å². The van der Waals surface area contributed by atoms with Crippen LogP contribution in [0.25, 0.3) is 10.9 Å². The number of hydrogen-bond acceptors (Lipinski definition) is 5. The molecule has 0 spiro atoms. The van der Waals surface area contributed by atoms with Gasteiger partial charge in [-0.3, -0.25) is 9.36 Å². The molecule has 6 nitrogen and oxygen atoms in total. The Kier molecular flexibility index (Phi) is 4.35. The van der Waals surface area contributed by atoms with Gasteiger partial charge in [-0.05, 0) is 37.3 Å². The molecule has 2 N–H and O–H groups in total. The summed E-state index contributed by atoms with van der Waals surface area (Å²) in [7, 11) is 1.63. The van der Waals surface area contributed by atoms with Crippen molar-refractivity contribution in [2.75, 3.05) is 5.43 Å². The van der Waals surface area contributed by atoms with Gasteiger partial charge in [0.15, 0.2) is 0 Å². The van der Waals surface area contributed by atoms with Crippen molar-refractivity contribution in [3.63, 3.8) is 0 Å². The number of aromatic hydroxyl groups is 1. The highest BCUT2D eigenvalue weighted by molar-refractivity contribution is 9.10. The second-order valence-corrected chi connectivity index (χ2v) is 6.20. The number of halogens is 1. The number of nitrogens with one attached hydrogen (secondary N) is 1. The second kappa shape index (κ2) is 6.45.